The van der Waals surface area contributed by atoms with Crippen LogP contribution in [0.25, 0.3) is 0 Å². The van der Waals surface area contributed by atoms with Gasteiger partial charge in [0, 0.05) is 0 Å². The van der Waals surface area contributed by atoms with Gasteiger partial charge in [-0.3, -0.25) is 34.2 Å². The average molecular weight is 290 g/mol. The van der Waals surface area contributed by atoms with Gasteiger partial charge in [-0.15, -0.1) is 0 Å². The van der Waals surface area contributed by atoms with Gasteiger partial charge in [0.2, 0.25) is 11.8 Å². The van der Waals surface area contributed by atoms with Gasteiger partial charge in [0.1, 0.15) is 17.0 Å². The molecule has 10 heteroatoms. The van der Waals surface area contributed by atoms with Crippen LogP contribution in [0.3, 0.4) is 0 Å². The molecule has 2 aliphatic heterocycles. The molecule has 96 valence electrons. The molecule has 2 atom stereocenters. The zero-order valence-electron chi connectivity index (χ0n) is 8.61. The maximum absolute atomic E-state index is 11.8. The summed E-state index contributed by atoms with van der Waals surface area (Å²) in [5.74, 6) is -2.71. The second-order valence-corrected chi connectivity index (χ2v) is 5.64. The van der Waals surface area contributed by atoms with Crippen LogP contribution < -0.4 is 5.32 Å². The van der Waals surface area contributed by atoms with E-state index in [4.69, 9.17) is 5.11 Å². The molecule has 0 bridgehead atoms. The Hall–Kier alpha value is -1.55. The Morgan fingerprint density at radius 3 is 2.39 bits per heavy atom. The minimum Gasteiger partial charge on any atom is -0.480 e. The predicted molar refractivity (Wildman–Crippen MR) is 61.0 cm³/mol. The molecule has 0 aromatic carbocycles. The number of amides is 4. The van der Waals surface area contributed by atoms with Crippen molar-refractivity contribution in [2.45, 2.75) is 10.5 Å². The van der Waals surface area contributed by atoms with E-state index in [0.717, 1.165) is 0 Å². The summed E-state index contributed by atoms with van der Waals surface area (Å²) in [5.41, 5.74) is 0. The first-order valence-electron chi connectivity index (χ1n) is 4.65. The van der Waals surface area contributed by atoms with Crippen molar-refractivity contribution in [1.82, 2.24) is 10.2 Å². The second kappa shape index (κ2) is 4.61. The standard InChI is InChI=1S/C8H6N2O6S2/c11-2(12)1-10-6(14)4(18-8(10)16)3-5(13)9-7(15)17-3/h3-4H,1H2,(H,11,12)(H,9,13,15)/t3-,4-/m0/s1. The molecule has 0 aromatic rings. The Labute approximate surface area is 108 Å². The molecule has 18 heavy (non-hydrogen) atoms. The van der Waals surface area contributed by atoms with Crippen LogP contribution in [0.2, 0.25) is 0 Å². The normalized spacial score (nSPS) is 27.9. The van der Waals surface area contributed by atoms with Crippen molar-refractivity contribution in [2.75, 3.05) is 6.54 Å². The molecule has 2 heterocycles. The topological polar surface area (TPSA) is 121 Å². The molecule has 2 fully saturated rings. The van der Waals surface area contributed by atoms with Crippen LogP contribution >= 0.6 is 23.5 Å². The summed E-state index contributed by atoms with van der Waals surface area (Å²) in [7, 11) is 0. The van der Waals surface area contributed by atoms with E-state index < -0.39 is 45.3 Å². The minimum atomic E-state index is -1.32. The van der Waals surface area contributed by atoms with E-state index in [0.29, 0.717) is 28.4 Å². The highest BCUT2D eigenvalue weighted by atomic mass is 32.2. The maximum Gasteiger partial charge on any atom is 0.323 e. The van der Waals surface area contributed by atoms with Crippen molar-refractivity contribution in [2.24, 2.45) is 0 Å². The zero-order valence-corrected chi connectivity index (χ0v) is 10.2. The van der Waals surface area contributed by atoms with Crippen LogP contribution in [0.15, 0.2) is 0 Å². The van der Waals surface area contributed by atoms with E-state index in [1.54, 1.807) is 0 Å². The van der Waals surface area contributed by atoms with E-state index in [9.17, 15) is 24.0 Å². The van der Waals surface area contributed by atoms with Crippen LogP contribution in [-0.4, -0.2) is 55.3 Å². The lowest BCUT2D eigenvalue weighted by atomic mass is 10.2. The molecule has 0 saturated carbocycles. The number of carbonyl (C=O) groups is 5. The quantitative estimate of drug-likeness (QED) is 0.712. The molecule has 0 radical (unpaired) electrons. The van der Waals surface area contributed by atoms with E-state index >= 15 is 0 Å². The fourth-order valence-electron chi connectivity index (χ4n) is 1.50. The summed E-state index contributed by atoms with van der Waals surface area (Å²) in [6.45, 7) is -0.742. The Bertz CT molecular complexity index is 478. The number of hydrogen-bond donors (Lipinski definition) is 2. The number of nitrogens with zero attached hydrogens (tertiary/aromatic N) is 1. The molecule has 2 saturated heterocycles. The maximum atomic E-state index is 11.8. The van der Waals surface area contributed by atoms with Crippen molar-refractivity contribution in [3.63, 3.8) is 0 Å². The number of carboxylic acid groups (broad SMARTS) is 1. The molecule has 0 unspecified atom stereocenters. The fourth-order valence-corrected chi connectivity index (χ4v) is 3.61. The molecular weight excluding hydrogens is 284 g/mol. The van der Waals surface area contributed by atoms with Gasteiger partial charge in [0.15, 0.2) is 0 Å². The summed E-state index contributed by atoms with van der Waals surface area (Å²) >= 11 is 1.20. The van der Waals surface area contributed by atoms with Crippen LogP contribution in [0.4, 0.5) is 9.59 Å². The lowest BCUT2D eigenvalue weighted by Crippen LogP contribution is -2.40. The lowest BCUT2D eigenvalue weighted by molar-refractivity contribution is -0.141. The summed E-state index contributed by atoms with van der Waals surface area (Å²) in [5, 5.41) is 7.23. The molecule has 2 N–H and O–H groups in total. The molecule has 2 rings (SSSR count). The average Bonchev–Trinajstić information content (AvgIpc) is 2.72. The van der Waals surface area contributed by atoms with E-state index in [2.05, 4.69) is 0 Å². The van der Waals surface area contributed by atoms with Crippen LogP contribution in [0, 0.1) is 0 Å². The fraction of sp³-hybridized carbons (Fsp3) is 0.375. The van der Waals surface area contributed by atoms with Gasteiger partial charge in [0.25, 0.3) is 10.5 Å². The third-order valence-electron chi connectivity index (χ3n) is 2.24. The van der Waals surface area contributed by atoms with E-state index in [-0.39, 0.29) is 0 Å². The van der Waals surface area contributed by atoms with Gasteiger partial charge in [-0.2, -0.15) is 0 Å². The number of thioether (sulfide) groups is 2. The van der Waals surface area contributed by atoms with Crippen molar-refractivity contribution in [3.05, 3.63) is 0 Å². The molecule has 4 amide bonds. The van der Waals surface area contributed by atoms with Crippen molar-refractivity contribution < 1.29 is 29.1 Å². The summed E-state index contributed by atoms with van der Waals surface area (Å²) in [6, 6.07) is 0. The third kappa shape index (κ3) is 2.20. The highest BCUT2D eigenvalue weighted by Crippen LogP contribution is 2.36. The zero-order chi connectivity index (χ0) is 13.4. The number of hydrogen-bond acceptors (Lipinski definition) is 7. The summed E-state index contributed by atoms with van der Waals surface area (Å²) in [4.78, 5) is 56.7. The number of carboxylic acids is 1. The molecule has 2 aliphatic rings. The Kier molecular flexibility index (Phi) is 3.30. The first-order chi connectivity index (χ1) is 8.40. The van der Waals surface area contributed by atoms with Crippen LogP contribution in [-0.2, 0) is 14.4 Å². The number of nitrogens with one attached hydrogen (secondary N) is 1. The Morgan fingerprint density at radius 2 is 1.89 bits per heavy atom. The summed E-state index contributed by atoms with van der Waals surface area (Å²) < 4.78 is 0. The van der Waals surface area contributed by atoms with Gasteiger partial charge in [-0.1, -0.05) is 0 Å². The summed E-state index contributed by atoms with van der Waals surface area (Å²) in [6.07, 6.45) is 0. The Balaban J connectivity index is 2.15. The van der Waals surface area contributed by atoms with E-state index in [1.807, 2.05) is 5.32 Å². The monoisotopic (exact) mass is 290 g/mol. The lowest BCUT2D eigenvalue weighted by Gasteiger charge is -2.12. The molecule has 0 aromatic heterocycles. The molecule has 8 nitrogen and oxygen atoms in total. The van der Waals surface area contributed by atoms with Crippen molar-refractivity contribution >= 4 is 51.8 Å². The Morgan fingerprint density at radius 1 is 1.22 bits per heavy atom. The first kappa shape index (κ1) is 12.9. The number of carbonyl (C=O) groups excluding carboxylic acids is 4. The minimum absolute atomic E-state index is 0.564. The smallest absolute Gasteiger partial charge is 0.323 e. The third-order valence-corrected chi connectivity index (χ3v) is 4.62. The van der Waals surface area contributed by atoms with Crippen LogP contribution in [0.1, 0.15) is 0 Å². The van der Waals surface area contributed by atoms with Gasteiger partial charge < -0.3 is 5.11 Å². The van der Waals surface area contributed by atoms with Gasteiger partial charge in [-0.25, -0.2) is 0 Å². The van der Waals surface area contributed by atoms with Crippen molar-refractivity contribution in [3.8, 4) is 0 Å². The predicted octanol–water partition coefficient (Wildman–Crippen LogP) is -0.513. The number of aliphatic carboxylic acids is 1. The van der Waals surface area contributed by atoms with Gasteiger partial charge in [0.05, 0.1) is 0 Å². The van der Waals surface area contributed by atoms with Gasteiger partial charge >= 0.3 is 5.97 Å². The molecule has 0 spiro atoms. The van der Waals surface area contributed by atoms with Crippen LogP contribution in [0.5, 0.6) is 0 Å². The largest absolute Gasteiger partial charge is 0.480 e. The number of imide groups is 2. The van der Waals surface area contributed by atoms with Gasteiger partial charge in [-0.05, 0) is 23.5 Å². The molecule has 0 aliphatic carbocycles. The van der Waals surface area contributed by atoms with E-state index in [1.165, 1.54) is 0 Å². The van der Waals surface area contributed by atoms with Crippen molar-refractivity contribution in [1.29, 1.82) is 0 Å². The first-order valence-corrected chi connectivity index (χ1v) is 6.41. The second-order valence-electron chi connectivity index (χ2n) is 3.44. The highest BCUT2D eigenvalue weighted by molar-refractivity contribution is 8.19. The highest BCUT2D eigenvalue weighted by Gasteiger charge is 2.50. The number of rotatable bonds is 3. The molecular formula is C8H6N2O6S2. The SMILES string of the molecule is O=C(O)CN1C(=O)S[C@@H]([C@@H]2SC(=O)NC2=O)C1=O.